The predicted molar refractivity (Wildman–Crippen MR) is 88.7 cm³/mol. The molecule has 0 fully saturated rings. The van der Waals surface area contributed by atoms with Gasteiger partial charge in [0.05, 0.1) is 0 Å². The van der Waals surface area contributed by atoms with Gasteiger partial charge in [-0.05, 0) is 63.0 Å². The van der Waals surface area contributed by atoms with Gasteiger partial charge < -0.3 is 10.0 Å². The van der Waals surface area contributed by atoms with E-state index in [0.717, 1.165) is 19.4 Å². The smallest absolute Gasteiger partial charge is 0.115 e. The Kier molecular flexibility index (Phi) is 5.40. The number of nitrogens with zero attached hydrogens (tertiary/aromatic N) is 1. The predicted octanol–water partition coefficient (Wildman–Crippen LogP) is 3.66. The maximum absolute atomic E-state index is 9.62. The number of phenolic OH excluding ortho intramolecular Hbond substituents is 1. The third-order valence-corrected chi connectivity index (χ3v) is 3.67. The summed E-state index contributed by atoms with van der Waals surface area (Å²) in [7, 11) is 4.23. The molecule has 1 N–H and O–H groups in total. The lowest BCUT2D eigenvalue weighted by Crippen LogP contribution is -2.25. The van der Waals surface area contributed by atoms with Crippen LogP contribution in [0.5, 0.6) is 5.75 Å². The van der Waals surface area contributed by atoms with Crippen molar-refractivity contribution >= 4 is 0 Å². The zero-order valence-electron chi connectivity index (χ0n) is 13.2. The lowest BCUT2D eigenvalue weighted by Gasteiger charge is -2.21. The molecule has 1 atom stereocenters. The Morgan fingerprint density at radius 2 is 1.57 bits per heavy atom. The molecule has 0 bridgehead atoms. The van der Waals surface area contributed by atoms with Crippen molar-refractivity contribution in [3.05, 3.63) is 65.2 Å². The summed E-state index contributed by atoms with van der Waals surface area (Å²) in [5.41, 5.74) is 3.91. The molecule has 2 nitrogen and oxygen atoms in total. The van der Waals surface area contributed by atoms with Gasteiger partial charge in [-0.25, -0.2) is 0 Å². The number of rotatable bonds is 6. The molecule has 21 heavy (non-hydrogen) atoms. The first-order valence-corrected chi connectivity index (χ1v) is 7.51. The molecule has 0 aromatic heterocycles. The molecule has 0 saturated heterocycles. The fourth-order valence-electron chi connectivity index (χ4n) is 2.91. The van der Waals surface area contributed by atoms with Crippen LogP contribution in [0.1, 0.15) is 16.7 Å². The lowest BCUT2D eigenvalue weighted by molar-refractivity contribution is 0.321. The Labute approximate surface area is 128 Å². The largest absolute Gasteiger partial charge is 0.508 e. The van der Waals surface area contributed by atoms with Gasteiger partial charge in [-0.2, -0.15) is 0 Å². The average molecular weight is 283 g/mol. The van der Waals surface area contributed by atoms with Crippen molar-refractivity contribution in [2.24, 2.45) is 5.92 Å². The number of hydrogen-bond donors (Lipinski definition) is 1. The molecule has 112 valence electrons. The number of hydrogen-bond acceptors (Lipinski definition) is 2. The summed E-state index contributed by atoms with van der Waals surface area (Å²) >= 11 is 0. The van der Waals surface area contributed by atoms with Gasteiger partial charge in [0.2, 0.25) is 0 Å². The molecule has 0 heterocycles. The summed E-state index contributed by atoms with van der Waals surface area (Å²) < 4.78 is 0. The van der Waals surface area contributed by atoms with Crippen LogP contribution in [0.15, 0.2) is 48.5 Å². The molecule has 0 aliphatic rings. The summed E-state index contributed by atoms with van der Waals surface area (Å²) in [6.45, 7) is 3.18. The van der Waals surface area contributed by atoms with Crippen LogP contribution in [0, 0.1) is 12.8 Å². The fraction of sp³-hybridized carbons (Fsp3) is 0.368. The highest BCUT2D eigenvalue weighted by Crippen LogP contribution is 2.19. The first-order valence-electron chi connectivity index (χ1n) is 7.51. The molecule has 0 saturated carbocycles. The van der Waals surface area contributed by atoms with E-state index in [1.807, 2.05) is 12.1 Å². The lowest BCUT2D eigenvalue weighted by atomic mass is 9.91. The summed E-state index contributed by atoms with van der Waals surface area (Å²) in [5, 5.41) is 9.62. The highest BCUT2D eigenvalue weighted by molar-refractivity contribution is 5.28. The van der Waals surface area contributed by atoms with Gasteiger partial charge in [-0.1, -0.05) is 42.0 Å². The molecule has 2 aromatic rings. The van der Waals surface area contributed by atoms with E-state index in [4.69, 9.17) is 0 Å². The molecule has 0 spiro atoms. The van der Waals surface area contributed by atoms with Crippen molar-refractivity contribution in [1.29, 1.82) is 0 Å². The minimum atomic E-state index is 0.353. The number of aromatic hydroxyl groups is 1. The number of benzene rings is 2. The highest BCUT2D eigenvalue weighted by atomic mass is 16.3. The molecule has 0 radical (unpaired) electrons. The maximum Gasteiger partial charge on any atom is 0.115 e. The van der Waals surface area contributed by atoms with E-state index < -0.39 is 0 Å². The Morgan fingerprint density at radius 1 is 0.952 bits per heavy atom. The molecule has 2 aromatic carbocycles. The van der Waals surface area contributed by atoms with Crippen LogP contribution in [0.4, 0.5) is 0 Å². The van der Waals surface area contributed by atoms with Crippen LogP contribution in [0.3, 0.4) is 0 Å². The third-order valence-electron chi connectivity index (χ3n) is 3.67. The zero-order chi connectivity index (χ0) is 15.2. The van der Waals surface area contributed by atoms with Crippen LogP contribution in [0.2, 0.25) is 0 Å². The molecule has 2 rings (SSSR count). The van der Waals surface area contributed by atoms with E-state index >= 15 is 0 Å². The monoisotopic (exact) mass is 283 g/mol. The maximum atomic E-state index is 9.62. The highest BCUT2D eigenvalue weighted by Gasteiger charge is 2.12. The average Bonchev–Trinajstić information content (AvgIpc) is 2.37. The summed E-state index contributed by atoms with van der Waals surface area (Å²) in [6, 6.07) is 16.4. The van der Waals surface area contributed by atoms with Gasteiger partial charge in [0, 0.05) is 6.54 Å². The molecule has 0 aliphatic heterocycles. The van der Waals surface area contributed by atoms with Crippen LogP contribution in [-0.2, 0) is 12.8 Å². The number of phenols is 1. The Morgan fingerprint density at radius 3 is 2.14 bits per heavy atom. The Bertz CT molecular complexity index is 530. The normalized spacial score (nSPS) is 12.6. The standard InChI is InChI=1S/C19H25NO/c1-15-6-4-7-16(10-15)11-18(14-20(2)3)12-17-8-5-9-19(21)13-17/h4-10,13,18,21H,11-12,14H2,1-3H3. The summed E-state index contributed by atoms with van der Waals surface area (Å²) in [4.78, 5) is 2.24. The van der Waals surface area contributed by atoms with Crippen LogP contribution in [0.25, 0.3) is 0 Å². The van der Waals surface area contributed by atoms with E-state index in [-0.39, 0.29) is 0 Å². The van der Waals surface area contributed by atoms with E-state index in [0.29, 0.717) is 11.7 Å². The molecular weight excluding hydrogens is 258 g/mol. The van der Waals surface area contributed by atoms with Crippen molar-refractivity contribution in [2.75, 3.05) is 20.6 Å². The summed E-state index contributed by atoms with van der Waals surface area (Å²) in [5.74, 6) is 0.898. The second-order valence-electron chi connectivity index (χ2n) is 6.20. The van der Waals surface area contributed by atoms with E-state index in [2.05, 4.69) is 56.3 Å². The third kappa shape index (κ3) is 5.24. The molecular formula is C19H25NO. The van der Waals surface area contributed by atoms with Gasteiger partial charge >= 0.3 is 0 Å². The van der Waals surface area contributed by atoms with Crippen molar-refractivity contribution in [3.8, 4) is 5.75 Å². The summed E-state index contributed by atoms with van der Waals surface area (Å²) in [6.07, 6.45) is 2.05. The quantitative estimate of drug-likeness (QED) is 0.874. The van der Waals surface area contributed by atoms with Gasteiger partial charge in [0.25, 0.3) is 0 Å². The van der Waals surface area contributed by atoms with E-state index in [1.165, 1.54) is 16.7 Å². The fourth-order valence-corrected chi connectivity index (χ4v) is 2.91. The van der Waals surface area contributed by atoms with Crippen molar-refractivity contribution < 1.29 is 5.11 Å². The van der Waals surface area contributed by atoms with E-state index in [1.54, 1.807) is 6.07 Å². The van der Waals surface area contributed by atoms with Crippen LogP contribution < -0.4 is 0 Å². The van der Waals surface area contributed by atoms with Gasteiger partial charge in [0.15, 0.2) is 0 Å². The first-order chi connectivity index (χ1) is 10.0. The van der Waals surface area contributed by atoms with E-state index in [9.17, 15) is 5.11 Å². The SMILES string of the molecule is Cc1cccc(CC(Cc2cccc(O)c2)CN(C)C)c1. The molecule has 2 heteroatoms. The molecule has 1 unspecified atom stereocenters. The molecule has 0 amide bonds. The van der Waals surface area contributed by atoms with Crippen molar-refractivity contribution in [1.82, 2.24) is 4.90 Å². The van der Waals surface area contributed by atoms with Gasteiger partial charge in [-0.3, -0.25) is 0 Å². The number of aryl methyl sites for hydroxylation is 1. The minimum Gasteiger partial charge on any atom is -0.508 e. The Balaban J connectivity index is 2.10. The van der Waals surface area contributed by atoms with Crippen LogP contribution >= 0.6 is 0 Å². The minimum absolute atomic E-state index is 0.353. The van der Waals surface area contributed by atoms with Crippen LogP contribution in [-0.4, -0.2) is 30.6 Å². The second kappa shape index (κ2) is 7.28. The van der Waals surface area contributed by atoms with Crippen molar-refractivity contribution in [2.45, 2.75) is 19.8 Å². The molecule has 0 aliphatic carbocycles. The first kappa shape index (κ1) is 15.6. The second-order valence-corrected chi connectivity index (χ2v) is 6.20. The topological polar surface area (TPSA) is 23.5 Å². The van der Waals surface area contributed by atoms with Gasteiger partial charge in [-0.15, -0.1) is 0 Å². The zero-order valence-corrected chi connectivity index (χ0v) is 13.2. The van der Waals surface area contributed by atoms with Gasteiger partial charge in [0.1, 0.15) is 5.75 Å². The van der Waals surface area contributed by atoms with Crippen molar-refractivity contribution in [3.63, 3.8) is 0 Å². The Hall–Kier alpha value is -1.80.